The van der Waals surface area contributed by atoms with Crippen molar-refractivity contribution >= 4 is 0 Å². The number of nitrogens with one attached hydrogen (secondary N) is 1. The summed E-state index contributed by atoms with van der Waals surface area (Å²) >= 11 is 0. The molecule has 0 spiro atoms. The fraction of sp³-hybridized carbons (Fsp3) is 0.812. The highest BCUT2D eigenvalue weighted by Crippen LogP contribution is 2.31. The topological polar surface area (TPSA) is 29.9 Å². The number of rotatable bonds is 2. The van der Waals surface area contributed by atoms with Crippen molar-refractivity contribution in [2.75, 3.05) is 7.05 Å². The van der Waals surface area contributed by atoms with Gasteiger partial charge in [0.25, 0.3) is 0 Å². The molecule has 0 radical (unpaired) electrons. The van der Waals surface area contributed by atoms with Crippen LogP contribution in [0, 0.1) is 0 Å². The summed E-state index contributed by atoms with van der Waals surface area (Å²) in [6.45, 7) is 0. The van der Waals surface area contributed by atoms with Gasteiger partial charge in [-0.05, 0) is 45.6 Å². The highest BCUT2D eigenvalue weighted by Gasteiger charge is 2.26. The Labute approximate surface area is 116 Å². The monoisotopic (exact) mass is 261 g/mol. The first-order valence-electron chi connectivity index (χ1n) is 8.12. The van der Waals surface area contributed by atoms with Crippen LogP contribution in [0.25, 0.3) is 0 Å². The number of nitrogens with zero attached hydrogens (tertiary/aromatic N) is 2. The fourth-order valence-corrected chi connectivity index (χ4v) is 3.91. The van der Waals surface area contributed by atoms with Crippen molar-refractivity contribution in [3.63, 3.8) is 0 Å². The molecule has 1 fully saturated rings. The van der Waals surface area contributed by atoms with Gasteiger partial charge < -0.3 is 9.88 Å². The number of fused-ring (bicyclic) bond motifs is 1. The fourth-order valence-electron chi connectivity index (χ4n) is 3.91. The van der Waals surface area contributed by atoms with Gasteiger partial charge in [-0.3, -0.25) is 0 Å². The average Bonchev–Trinajstić information content (AvgIpc) is 2.83. The molecular weight excluding hydrogens is 234 g/mol. The van der Waals surface area contributed by atoms with Crippen LogP contribution in [0.4, 0.5) is 0 Å². The Morgan fingerprint density at radius 1 is 1.05 bits per heavy atom. The molecule has 0 aliphatic heterocycles. The second-order valence-corrected chi connectivity index (χ2v) is 6.21. The molecule has 2 atom stereocenters. The quantitative estimate of drug-likeness (QED) is 0.885. The normalized spacial score (nSPS) is 28.5. The molecule has 106 valence electrons. The number of imidazole rings is 1. The number of aryl methyl sites for hydroxylation is 1. The number of hydrogen-bond acceptors (Lipinski definition) is 2. The van der Waals surface area contributed by atoms with E-state index in [9.17, 15) is 0 Å². The lowest BCUT2D eigenvalue weighted by molar-refractivity contribution is 0.289. The third kappa shape index (κ3) is 2.71. The molecule has 1 heterocycles. The van der Waals surface area contributed by atoms with Crippen LogP contribution in [0.2, 0.25) is 0 Å². The molecule has 0 saturated heterocycles. The molecule has 2 aliphatic rings. The molecule has 0 aromatic carbocycles. The molecular formula is C16H27N3. The van der Waals surface area contributed by atoms with Gasteiger partial charge in [0.2, 0.25) is 0 Å². The largest absolute Gasteiger partial charge is 0.330 e. The molecule has 0 bridgehead atoms. The van der Waals surface area contributed by atoms with Crippen LogP contribution < -0.4 is 5.32 Å². The summed E-state index contributed by atoms with van der Waals surface area (Å²) in [5.74, 6) is 0. The van der Waals surface area contributed by atoms with E-state index < -0.39 is 0 Å². The van der Waals surface area contributed by atoms with Crippen LogP contribution in [0.5, 0.6) is 0 Å². The second-order valence-electron chi connectivity index (χ2n) is 6.21. The minimum atomic E-state index is 0.625. The first-order valence-corrected chi connectivity index (χ1v) is 8.12. The Balaban J connectivity index is 1.86. The summed E-state index contributed by atoms with van der Waals surface area (Å²) in [6, 6.07) is 1.25. The highest BCUT2D eigenvalue weighted by molar-refractivity contribution is 5.17. The molecule has 1 N–H and O–H groups in total. The van der Waals surface area contributed by atoms with Crippen LogP contribution in [0.3, 0.4) is 0 Å². The van der Waals surface area contributed by atoms with E-state index in [0.717, 1.165) is 0 Å². The molecule has 1 aromatic rings. The molecule has 3 heteroatoms. The zero-order valence-electron chi connectivity index (χ0n) is 12.2. The molecule has 3 nitrogen and oxygen atoms in total. The third-order valence-corrected chi connectivity index (χ3v) is 5.02. The summed E-state index contributed by atoms with van der Waals surface area (Å²) in [4.78, 5) is 4.69. The van der Waals surface area contributed by atoms with Gasteiger partial charge in [0.05, 0.1) is 18.1 Å². The minimum Gasteiger partial charge on any atom is -0.330 e. The highest BCUT2D eigenvalue weighted by atomic mass is 15.1. The van der Waals surface area contributed by atoms with Gasteiger partial charge in [0.15, 0.2) is 0 Å². The lowest BCUT2D eigenvalue weighted by Crippen LogP contribution is -2.36. The van der Waals surface area contributed by atoms with Gasteiger partial charge in [0, 0.05) is 11.7 Å². The lowest BCUT2D eigenvalue weighted by atomic mass is 9.91. The van der Waals surface area contributed by atoms with Crippen LogP contribution in [0.1, 0.15) is 68.8 Å². The Morgan fingerprint density at radius 2 is 1.84 bits per heavy atom. The van der Waals surface area contributed by atoms with E-state index >= 15 is 0 Å². The average molecular weight is 261 g/mol. The van der Waals surface area contributed by atoms with Crippen molar-refractivity contribution in [2.45, 2.75) is 76.3 Å². The van der Waals surface area contributed by atoms with Crippen molar-refractivity contribution in [3.05, 3.63) is 17.7 Å². The summed E-state index contributed by atoms with van der Waals surface area (Å²) in [5, 5.41) is 3.57. The molecule has 1 aromatic heterocycles. The number of hydrogen-bond donors (Lipinski definition) is 1. The summed E-state index contributed by atoms with van der Waals surface area (Å²) in [7, 11) is 2.13. The van der Waals surface area contributed by atoms with Gasteiger partial charge in [-0.15, -0.1) is 0 Å². The SMILES string of the molecule is CNC1CCCCCCC1n1cnc2c1CCCC2. The number of likely N-dealkylation sites (N-methyl/N-ethyl adjacent to an activating group) is 1. The molecule has 2 unspecified atom stereocenters. The summed E-state index contributed by atoms with van der Waals surface area (Å²) in [6.07, 6.45) is 15.4. The van der Waals surface area contributed by atoms with E-state index in [-0.39, 0.29) is 0 Å². The maximum atomic E-state index is 4.69. The van der Waals surface area contributed by atoms with E-state index in [4.69, 9.17) is 0 Å². The summed E-state index contributed by atoms with van der Waals surface area (Å²) in [5.41, 5.74) is 2.92. The molecule has 1 saturated carbocycles. The molecule has 2 aliphatic carbocycles. The maximum absolute atomic E-state index is 4.69. The van der Waals surface area contributed by atoms with E-state index in [1.165, 1.54) is 75.6 Å². The van der Waals surface area contributed by atoms with Crippen molar-refractivity contribution < 1.29 is 0 Å². The van der Waals surface area contributed by atoms with E-state index in [1.807, 2.05) is 0 Å². The maximum Gasteiger partial charge on any atom is 0.0954 e. The molecule has 19 heavy (non-hydrogen) atoms. The zero-order valence-corrected chi connectivity index (χ0v) is 12.2. The van der Waals surface area contributed by atoms with Crippen molar-refractivity contribution in [3.8, 4) is 0 Å². The van der Waals surface area contributed by atoms with Crippen LogP contribution >= 0.6 is 0 Å². The Hall–Kier alpha value is -0.830. The number of aromatic nitrogens is 2. The molecule has 3 rings (SSSR count). The first-order chi connectivity index (χ1) is 9.40. The Morgan fingerprint density at radius 3 is 2.68 bits per heavy atom. The van der Waals surface area contributed by atoms with Crippen LogP contribution in [-0.4, -0.2) is 22.6 Å². The second kappa shape index (κ2) is 6.08. The standard InChI is InChI=1S/C16H27N3/c1-17-13-8-4-2-3-5-10-15(13)19-12-18-14-9-6-7-11-16(14)19/h12-13,15,17H,2-11H2,1H3. The predicted octanol–water partition coefficient (Wildman–Crippen LogP) is 3.25. The van der Waals surface area contributed by atoms with Crippen molar-refractivity contribution in [2.24, 2.45) is 0 Å². The van der Waals surface area contributed by atoms with Crippen molar-refractivity contribution in [1.29, 1.82) is 0 Å². The van der Waals surface area contributed by atoms with Gasteiger partial charge in [-0.2, -0.15) is 0 Å². The van der Waals surface area contributed by atoms with E-state index in [2.05, 4.69) is 28.2 Å². The van der Waals surface area contributed by atoms with Gasteiger partial charge in [-0.25, -0.2) is 4.98 Å². The first kappa shape index (κ1) is 13.2. The molecule has 0 amide bonds. The lowest BCUT2D eigenvalue weighted by Gasteiger charge is -2.32. The third-order valence-electron chi connectivity index (χ3n) is 5.02. The summed E-state index contributed by atoms with van der Waals surface area (Å²) < 4.78 is 2.53. The van der Waals surface area contributed by atoms with Crippen LogP contribution in [0.15, 0.2) is 6.33 Å². The van der Waals surface area contributed by atoms with Gasteiger partial charge in [-0.1, -0.05) is 25.7 Å². The predicted molar refractivity (Wildman–Crippen MR) is 78.5 cm³/mol. The van der Waals surface area contributed by atoms with Crippen LogP contribution in [-0.2, 0) is 12.8 Å². The van der Waals surface area contributed by atoms with E-state index in [1.54, 1.807) is 0 Å². The Kier molecular flexibility index (Phi) is 4.21. The van der Waals surface area contributed by atoms with Gasteiger partial charge >= 0.3 is 0 Å². The minimum absolute atomic E-state index is 0.625. The smallest absolute Gasteiger partial charge is 0.0954 e. The van der Waals surface area contributed by atoms with Crippen molar-refractivity contribution in [1.82, 2.24) is 14.9 Å². The van der Waals surface area contributed by atoms with E-state index in [0.29, 0.717) is 12.1 Å². The zero-order chi connectivity index (χ0) is 13.1. The van der Waals surface area contributed by atoms with Gasteiger partial charge in [0.1, 0.15) is 0 Å². The Bertz CT molecular complexity index is 410.